The van der Waals surface area contributed by atoms with E-state index in [1.165, 1.54) is 6.42 Å². The summed E-state index contributed by atoms with van der Waals surface area (Å²) in [5.41, 5.74) is 5.88. The Morgan fingerprint density at radius 1 is 1.62 bits per heavy atom. The Kier molecular flexibility index (Phi) is 2.22. The summed E-state index contributed by atoms with van der Waals surface area (Å²) >= 11 is 0. The van der Waals surface area contributed by atoms with Crippen molar-refractivity contribution in [1.29, 1.82) is 0 Å². The first-order chi connectivity index (χ1) is 6.25. The molecule has 4 heteroatoms. The molecule has 0 aliphatic heterocycles. The van der Waals surface area contributed by atoms with Crippen molar-refractivity contribution in [3.63, 3.8) is 0 Å². The van der Waals surface area contributed by atoms with Crippen LogP contribution in [-0.2, 0) is 7.05 Å². The molecule has 72 valence electrons. The van der Waals surface area contributed by atoms with Crippen LogP contribution in [0.15, 0.2) is 12.4 Å². The lowest BCUT2D eigenvalue weighted by molar-refractivity contribution is 0.191. The van der Waals surface area contributed by atoms with Crippen LogP contribution >= 0.6 is 0 Å². The van der Waals surface area contributed by atoms with E-state index in [2.05, 4.69) is 5.10 Å². The van der Waals surface area contributed by atoms with Crippen molar-refractivity contribution >= 4 is 0 Å². The van der Waals surface area contributed by atoms with Crippen LogP contribution in [0.25, 0.3) is 0 Å². The topological polar surface area (TPSA) is 53.1 Å². The molecule has 0 bridgehead atoms. The molecule has 1 aromatic heterocycles. The van der Waals surface area contributed by atoms with Crippen LogP contribution in [0.2, 0.25) is 0 Å². The number of rotatable bonds is 2. The minimum Gasteiger partial charge on any atom is -0.486 e. The fourth-order valence-electron chi connectivity index (χ4n) is 1.74. The number of nitrogens with zero attached hydrogens (tertiary/aromatic N) is 2. The smallest absolute Gasteiger partial charge is 0.157 e. The van der Waals surface area contributed by atoms with E-state index in [4.69, 9.17) is 10.5 Å². The molecule has 0 amide bonds. The fourth-order valence-corrected chi connectivity index (χ4v) is 1.74. The van der Waals surface area contributed by atoms with Crippen molar-refractivity contribution in [1.82, 2.24) is 9.78 Å². The van der Waals surface area contributed by atoms with E-state index in [1.54, 1.807) is 10.9 Å². The lowest BCUT2D eigenvalue weighted by Crippen LogP contribution is -2.33. The van der Waals surface area contributed by atoms with E-state index in [9.17, 15) is 0 Å². The van der Waals surface area contributed by atoms with Gasteiger partial charge in [-0.15, -0.1) is 0 Å². The van der Waals surface area contributed by atoms with Gasteiger partial charge in [0.25, 0.3) is 0 Å². The lowest BCUT2D eigenvalue weighted by Gasteiger charge is -2.15. The molecule has 0 saturated heterocycles. The van der Waals surface area contributed by atoms with Crippen LogP contribution < -0.4 is 10.5 Å². The van der Waals surface area contributed by atoms with E-state index in [0.29, 0.717) is 0 Å². The molecule has 2 rings (SSSR count). The van der Waals surface area contributed by atoms with Gasteiger partial charge in [0.2, 0.25) is 0 Å². The Bertz CT molecular complexity index is 284. The summed E-state index contributed by atoms with van der Waals surface area (Å²) < 4.78 is 7.43. The summed E-state index contributed by atoms with van der Waals surface area (Å²) in [6, 6.07) is 0.195. The van der Waals surface area contributed by atoms with Gasteiger partial charge in [0, 0.05) is 13.1 Å². The summed E-state index contributed by atoms with van der Waals surface area (Å²) in [4.78, 5) is 0. The molecule has 13 heavy (non-hydrogen) atoms. The number of hydrogen-bond donors (Lipinski definition) is 1. The number of hydrogen-bond acceptors (Lipinski definition) is 3. The van der Waals surface area contributed by atoms with Crippen LogP contribution in [0.3, 0.4) is 0 Å². The third-order valence-electron chi connectivity index (χ3n) is 2.47. The molecule has 2 atom stereocenters. The van der Waals surface area contributed by atoms with Crippen LogP contribution in [0.5, 0.6) is 5.75 Å². The van der Waals surface area contributed by atoms with Gasteiger partial charge in [-0.25, -0.2) is 0 Å². The highest BCUT2D eigenvalue weighted by Gasteiger charge is 2.25. The first-order valence-electron chi connectivity index (χ1n) is 4.66. The SMILES string of the molecule is Cn1cc(O[C@H]2CCC[C@H]2N)cn1. The molecule has 1 aliphatic rings. The van der Waals surface area contributed by atoms with Gasteiger partial charge in [0.05, 0.1) is 12.4 Å². The second-order valence-electron chi connectivity index (χ2n) is 3.60. The molecule has 2 N–H and O–H groups in total. The van der Waals surface area contributed by atoms with Crippen molar-refractivity contribution < 1.29 is 4.74 Å². The summed E-state index contributed by atoms with van der Waals surface area (Å²) in [6.45, 7) is 0. The van der Waals surface area contributed by atoms with Gasteiger partial charge in [-0.1, -0.05) is 0 Å². The first-order valence-corrected chi connectivity index (χ1v) is 4.66. The van der Waals surface area contributed by atoms with Crippen LogP contribution in [-0.4, -0.2) is 21.9 Å². The molecule has 1 heterocycles. The summed E-state index contributed by atoms with van der Waals surface area (Å²) in [7, 11) is 1.88. The van der Waals surface area contributed by atoms with E-state index in [0.717, 1.165) is 18.6 Å². The maximum atomic E-state index is 5.88. The zero-order valence-corrected chi connectivity index (χ0v) is 7.81. The second kappa shape index (κ2) is 3.38. The average Bonchev–Trinajstić information content (AvgIpc) is 2.64. The van der Waals surface area contributed by atoms with Gasteiger partial charge >= 0.3 is 0 Å². The Balaban J connectivity index is 1.97. The van der Waals surface area contributed by atoms with E-state index >= 15 is 0 Å². The van der Waals surface area contributed by atoms with Gasteiger partial charge in [0.15, 0.2) is 5.75 Å². The lowest BCUT2D eigenvalue weighted by atomic mass is 10.2. The molecule has 4 nitrogen and oxygen atoms in total. The number of aromatic nitrogens is 2. The fraction of sp³-hybridized carbons (Fsp3) is 0.667. The Labute approximate surface area is 77.7 Å². The molecule has 0 aromatic carbocycles. The zero-order valence-electron chi connectivity index (χ0n) is 7.81. The number of ether oxygens (including phenoxy) is 1. The minimum absolute atomic E-state index is 0.184. The van der Waals surface area contributed by atoms with Gasteiger partial charge in [-0.2, -0.15) is 5.10 Å². The van der Waals surface area contributed by atoms with Crippen molar-refractivity contribution in [2.75, 3.05) is 0 Å². The summed E-state index contributed by atoms with van der Waals surface area (Å²) in [5.74, 6) is 0.824. The quantitative estimate of drug-likeness (QED) is 0.730. The van der Waals surface area contributed by atoms with Crippen LogP contribution in [0.4, 0.5) is 0 Å². The van der Waals surface area contributed by atoms with Crippen LogP contribution in [0, 0.1) is 0 Å². The van der Waals surface area contributed by atoms with Gasteiger partial charge in [-0.3, -0.25) is 4.68 Å². The van der Waals surface area contributed by atoms with E-state index in [1.807, 2.05) is 13.2 Å². The third kappa shape index (κ3) is 1.83. The highest BCUT2D eigenvalue weighted by Crippen LogP contribution is 2.22. The standard InChI is InChI=1S/C9H15N3O/c1-12-6-7(5-11-12)13-9-4-2-3-8(9)10/h5-6,8-9H,2-4,10H2,1H3/t8-,9+/m1/s1. The van der Waals surface area contributed by atoms with Crippen molar-refractivity contribution in [3.8, 4) is 5.75 Å². The molecule has 0 unspecified atom stereocenters. The summed E-state index contributed by atoms with van der Waals surface area (Å²) in [6.07, 6.45) is 7.09. The highest BCUT2D eigenvalue weighted by molar-refractivity contribution is 5.12. The normalized spacial score (nSPS) is 27.8. The van der Waals surface area contributed by atoms with Crippen molar-refractivity contribution in [3.05, 3.63) is 12.4 Å². The number of aryl methyl sites for hydroxylation is 1. The van der Waals surface area contributed by atoms with E-state index in [-0.39, 0.29) is 12.1 Å². The molecular weight excluding hydrogens is 166 g/mol. The average molecular weight is 181 g/mol. The molecular formula is C9H15N3O. The molecule has 1 aliphatic carbocycles. The Morgan fingerprint density at radius 2 is 2.46 bits per heavy atom. The maximum Gasteiger partial charge on any atom is 0.157 e. The van der Waals surface area contributed by atoms with Gasteiger partial charge < -0.3 is 10.5 Å². The zero-order chi connectivity index (χ0) is 9.26. The molecule has 0 radical (unpaired) electrons. The number of nitrogens with two attached hydrogens (primary N) is 1. The van der Waals surface area contributed by atoms with Crippen molar-refractivity contribution in [2.24, 2.45) is 12.8 Å². The predicted molar refractivity (Wildman–Crippen MR) is 49.5 cm³/mol. The van der Waals surface area contributed by atoms with E-state index < -0.39 is 0 Å². The monoisotopic (exact) mass is 181 g/mol. The highest BCUT2D eigenvalue weighted by atomic mass is 16.5. The second-order valence-corrected chi connectivity index (χ2v) is 3.60. The molecule has 1 fully saturated rings. The van der Waals surface area contributed by atoms with Crippen molar-refractivity contribution in [2.45, 2.75) is 31.4 Å². The largest absolute Gasteiger partial charge is 0.486 e. The van der Waals surface area contributed by atoms with Crippen LogP contribution in [0.1, 0.15) is 19.3 Å². The predicted octanol–water partition coefficient (Wildman–Crippen LogP) is 0.679. The Morgan fingerprint density at radius 3 is 3.00 bits per heavy atom. The third-order valence-corrected chi connectivity index (χ3v) is 2.47. The first kappa shape index (κ1) is 8.56. The van der Waals surface area contributed by atoms with Gasteiger partial charge in [0.1, 0.15) is 6.10 Å². The minimum atomic E-state index is 0.184. The molecule has 1 aromatic rings. The maximum absolute atomic E-state index is 5.88. The Hall–Kier alpha value is -1.03. The molecule has 0 spiro atoms. The molecule has 1 saturated carbocycles. The van der Waals surface area contributed by atoms with Gasteiger partial charge in [-0.05, 0) is 19.3 Å². The summed E-state index contributed by atoms with van der Waals surface area (Å²) in [5, 5.41) is 4.03.